The Morgan fingerprint density at radius 2 is 2.08 bits per heavy atom. The van der Waals surface area contributed by atoms with Crippen molar-refractivity contribution in [2.45, 2.75) is 13.8 Å². The van der Waals surface area contributed by atoms with Crippen LogP contribution >= 0.6 is 35.6 Å². The van der Waals surface area contributed by atoms with E-state index in [0.717, 1.165) is 16.8 Å². The second-order valence-electron chi connectivity index (χ2n) is 5.47. The van der Waals surface area contributed by atoms with Crippen molar-refractivity contribution in [1.29, 1.82) is 0 Å². The number of thiocarbonyl (C=S) groups is 1. The van der Waals surface area contributed by atoms with Gasteiger partial charge in [-0.15, -0.1) is 0 Å². The van der Waals surface area contributed by atoms with Gasteiger partial charge < -0.3 is 4.74 Å². The van der Waals surface area contributed by atoms with Crippen LogP contribution in [-0.2, 0) is 4.79 Å². The fourth-order valence-electron chi connectivity index (χ4n) is 2.52. The maximum atomic E-state index is 12.9. The van der Waals surface area contributed by atoms with Crippen LogP contribution in [0.3, 0.4) is 0 Å². The van der Waals surface area contributed by atoms with Gasteiger partial charge in [-0.05, 0) is 55.8 Å². The summed E-state index contributed by atoms with van der Waals surface area (Å²) < 4.78 is 6.14. The number of nitrogens with zero attached hydrogens (tertiary/aromatic N) is 1. The Morgan fingerprint density at radius 3 is 2.80 bits per heavy atom. The van der Waals surface area contributed by atoms with Gasteiger partial charge in [0, 0.05) is 10.6 Å². The second-order valence-corrected chi connectivity index (χ2v) is 7.58. The van der Waals surface area contributed by atoms with Crippen molar-refractivity contribution in [3.8, 4) is 5.75 Å². The third kappa shape index (κ3) is 3.89. The van der Waals surface area contributed by atoms with Gasteiger partial charge in [0.1, 0.15) is 5.75 Å². The summed E-state index contributed by atoms with van der Waals surface area (Å²) in [6.45, 7) is 4.43. The van der Waals surface area contributed by atoms with E-state index in [-0.39, 0.29) is 5.91 Å². The maximum Gasteiger partial charge on any atom is 0.270 e. The van der Waals surface area contributed by atoms with E-state index in [4.69, 9.17) is 28.6 Å². The first-order chi connectivity index (χ1) is 12.0. The third-order valence-corrected chi connectivity index (χ3v) is 5.15. The molecule has 0 unspecified atom stereocenters. The highest BCUT2D eigenvalue weighted by Gasteiger charge is 2.33. The number of thioether (sulfide) groups is 1. The summed E-state index contributed by atoms with van der Waals surface area (Å²) in [5, 5.41) is 0.587. The zero-order chi connectivity index (χ0) is 18.0. The van der Waals surface area contributed by atoms with Gasteiger partial charge in [0.2, 0.25) is 0 Å². The highest BCUT2D eigenvalue weighted by atomic mass is 35.5. The summed E-state index contributed by atoms with van der Waals surface area (Å²) in [6, 6.07) is 13.1. The zero-order valence-electron chi connectivity index (χ0n) is 13.8. The van der Waals surface area contributed by atoms with E-state index in [1.54, 1.807) is 29.2 Å². The zero-order valence-corrected chi connectivity index (χ0v) is 16.2. The molecule has 6 heteroatoms. The monoisotopic (exact) mass is 389 g/mol. The molecule has 0 saturated carbocycles. The number of amides is 1. The quantitative estimate of drug-likeness (QED) is 0.513. The first kappa shape index (κ1) is 18.0. The molecule has 128 valence electrons. The number of rotatable bonds is 4. The number of ether oxygens (including phenoxy) is 1. The van der Waals surface area contributed by atoms with Crippen LogP contribution in [0.1, 0.15) is 18.1 Å². The first-order valence-corrected chi connectivity index (χ1v) is 9.37. The Kier molecular flexibility index (Phi) is 5.47. The summed E-state index contributed by atoms with van der Waals surface area (Å²) in [5.41, 5.74) is 2.62. The van der Waals surface area contributed by atoms with Crippen molar-refractivity contribution < 1.29 is 9.53 Å². The minimum absolute atomic E-state index is 0.136. The molecule has 0 bridgehead atoms. The van der Waals surface area contributed by atoms with Gasteiger partial charge in [-0.3, -0.25) is 9.69 Å². The molecule has 2 aromatic carbocycles. The number of hydrogen-bond donors (Lipinski definition) is 0. The summed E-state index contributed by atoms with van der Waals surface area (Å²) in [4.78, 5) is 15.0. The molecule has 1 saturated heterocycles. The van der Waals surface area contributed by atoms with Crippen molar-refractivity contribution in [1.82, 2.24) is 0 Å². The minimum atomic E-state index is -0.136. The molecule has 1 fully saturated rings. The van der Waals surface area contributed by atoms with Crippen LogP contribution in [0, 0.1) is 6.92 Å². The third-order valence-electron chi connectivity index (χ3n) is 3.61. The standard InChI is InChI=1S/C19H16ClNO2S2/c1-3-23-16-8-7-14(20)10-13(16)11-17-18(22)21(19(24)25-17)15-6-4-5-12(2)9-15/h4-11H,3H2,1-2H3. The molecule has 3 rings (SSSR count). The molecular formula is C19H16ClNO2S2. The van der Waals surface area contributed by atoms with Crippen LogP contribution in [0.2, 0.25) is 5.02 Å². The first-order valence-electron chi connectivity index (χ1n) is 7.76. The molecular weight excluding hydrogens is 374 g/mol. The van der Waals surface area contributed by atoms with E-state index < -0.39 is 0 Å². The summed E-state index contributed by atoms with van der Waals surface area (Å²) >= 11 is 12.8. The topological polar surface area (TPSA) is 29.5 Å². The maximum absolute atomic E-state index is 12.9. The summed E-state index contributed by atoms with van der Waals surface area (Å²) in [7, 11) is 0. The smallest absolute Gasteiger partial charge is 0.270 e. The van der Waals surface area contributed by atoms with Gasteiger partial charge in [0.15, 0.2) is 4.32 Å². The van der Waals surface area contributed by atoms with Crippen molar-refractivity contribution in [3.63, 3.8) is 0 Å². The predicted octanol–water partition coefficient (Wildman–Crippen LogP) is 5.45. The van der Waals surface area contributed by atoms with E-state index in [2.05, 4.69) is 0 Å². The predicted molar refractivity (Wildman–Crippen MR) is 109 cm³/mol. The van der Waals surface area contributed by atoms with Crippen LogP contribution in [0.15, 0.2) is 47.4 Å². The number of benzene rings is 2. The lowest BCUT2D eigenvalue weighted by atomic mass is 10.1. The molecule has 0 aromatic heterocycles. The molecule has 1 amide bonds. The number of carbonyl (C=O) groups excluding carboxylic acids is 1. The second kappa shape index (κ2) is 7.60. The molecule has 3 nitrogen and oxygen atoms in total. The summed E-state index contributed by atoms with van der Waals surface area (Å²) in [6.07, 6.45) is 1.78. The Hall–Kier alpha value is -1.82. The molecule has 0 radical (unpaired) electrons. The molecule has 0 spiro atoms. The van der Waals surface area contributed by atoms with Crippen LogP contribution in [0.25, 0.3) is 6.08 Å². The number of hydrogen-bond acceptors (Lipinski definition) is 4. The molecule has 25 heavy (non-hydrogen) atoms. The number of carbonyl (C=O) groups is 1. The van der Waals surface area contributed by atoms with E-state index in [1.165, 1.54) is 11.8 Å². The van der Waals surface area contributed by atoms with E-state index in [1.807, 2.05) is 38.1 Å². The van der Waals surface area contributed by atoms with Crippen molar-refractivity contribution in [2.75, 3.05) is 11.5 Å². The van der Waals surface area contributed by atoms with Crippen LogP contribution in [-0.4, -0.2) is 16.8 Å². The summed E-state index contributed by atoms with van der Waals surface area (Å²) in [5.74, 6) is 0.552. The van der Waals surface area contributed by atoms with Gasteiger partial charge >= 0.3 is 0 Å². The highest BCUT2D eigenvalue weighted by Crippen LogP contribution is 2.37. The average Bonchev–Trinajstić information content (AvgIpc) is 2.84. The molecule has 1 aliphatic rings. The van der Waals surface area contributed by atoms with E-state index in [9.17, 15) is 4.79 Å². The molecule has 1 aliphatic heterocycles. The Morgan fingerprint density at radius 1 is 1.28 bits per heavy atom. The largest absolute Gasteiger partial charge is 0.493 e. The number of aryl methyl sites for hydroxylation is 1. The van der Waals surface area contributed by atoms with Crippen LogP contribution in [0.4, 0.5) is 5.69 Å². The Labute approximate surface area is 161 Å². The van der Waals surface area contributed by atoms with Crippen molar-refractivity contribution in [3.05, 3.63) is 63.5 Å². The van der Waals surface area contributed by atoms with Crippen molar-refractivity contribution in [2.24, 2.45) is 0 Å². The molecule has 0 atom stereocenters. The molecule has 0 aliphatic carbocycles. The van der Waals surface area contributed by atoms with Crippen LogP contribution in [0.5, 0.6) is 5.75 Å². The van der Waals surface area contributed by atoms with Crippen LogP contribution < -0.4 is 9.64 Å². The Balaban J connectivity index is 1.97. The number of halogens is 1. The fourth-order valence-corrected chi connectivity index (χ4v) is 3.99. The number of anilines is 1. The Bertz CT molecular complexity index is 879. The van der Waals surface area contributed by atoms with Gasteiger partial charge in [-0.25, -0.2) is 0 Å². The van der Waals surface area contributed by atoms with Gasteiger partial charge in [-0.1, -0.05) is 47.7 Å². The van der Waals surface area contributed by atoms with Gasteiger partial charge in [-0.2, -0.15) is 0 Å². The average molecular weight is 390 g/mol. The molecule has 2 aromatic rings. The highest BCUT2D eigenvalue weighted by molar-refractivity contribution is 8.27. The SMILES string of the molecule is CCOc1ccc(Cl)cc1C=C1SC(=S)N(c2cccc(C)c2)C1=O. The fraction of sp³-hybridized carbons (Fsp3) is 0.158. The lowest BCUT2D eigenvalue weighted by Crippen LogP contribution is -2.27. The lowest BCUT2D eigenvalue weighted by molar-refractivity contribution is -0.113. The molecule has 1 heterocycles. The molecule has 0 N–H and O–H groups in total. The normalized spacial score (nSPS) is 16.0. The van der Waals surface area contributed by atoms with E-state index in [0.29, 0.717) is 26.6 Å². The van der Waals surface area contributed by atoms with E-state index >= 15 is 0 Å². The van der Waals surface area contributed by atoms with Gasteiger partial charge in [0.05, 0.1) is 17.2 Å². The minimum Gasteiger partial charge on any atom is -0.493 e. The van der Waals surface area contributed by atoms with Gasteiger partial charge in [0.25, 0.3) is 5.91 Å². The lowest BCUT2D eigenvalue weighted by Gasteiger charge is -2.14. The van der Waals surface area contributed by atoms with Crippen molar-refractivity contribution >= 4 is 57.6 Å².